The second-order valence-electron chi connectivity index (χ2n) is 4.71. The van der Waals surface area contributed by atoms with E-state index in [2.05, 4.69) is 59.7 Å². The third-order valence-corrected chi connectivity index (χ3v) is 3.15. The van der Waals surface area contributed by atoms with E-state index in [9.17, 15) is 0 Å². The number of amidine groups is 1. The van der Waals surface area contributed by atoms with E-state index in [1.165, 1.54) is 11.1 Å². The van der Waals surface area contributed by atoms with Gasteiger partial charge in [-0.2, -0.15) is 0 Å². The van der Waals surface area contributed by atoms with Gasteiger partial charge in [0.15, 0.2) is 0 Å². The van der Waals surface area contributed by atoms with E-state index < -0.39 is 0 Å². The molecule has 1 heterocycles. The van der Waals surface area contributed by atoms with E-state index in [-0.39, 0.29) is 0 Å². The number of nitrogens with zero attached hydrogens (tertiary/aromatic N) is 1. The fourth-order valence-electron chi connectivity index (χ4n) is 2.10. The summed E-state index contributed by atoms with van der Waals surface area (Å²) in [5, 5.41) is 3.37. The van der Waals surface area contributed by atoms with Crippen molar-refractivity contribution in [2.45, 2.75) is 13.3 Å². The summed E-state index contributed by atoms with van der Waals surface area (Å²) in [4.78, 5) is 4.64. The van der Waals surface area contributed by atoms with Crippen LogP contribution in [-0.4, -0.2) is 5.84 Å². The minimum atomic E-state index is 0.859. The van der Waals surface area contributed by atoms with E-state index in [0.29, 0.717) is 0 Å². The largest absolute Gasteiger partial charge is 0.343 e. The molecule has 0 saturated heterocycles. The smallest absolute Gasteiger partial charge is 0.110 e. The van der Waals surface area contributed by atoms with Crippen LogP contribution >= 0.6 is 0 Å². The van der Waals surface area contributed by atoms with Crippen LogP contribution in [0.5, 0.6) is 0 Å². The summed E-state index contributed by atoms with van der Waals surface area (Å²) in [6, 6.07) is 18.6. The Hall–Kier alpha value is -2.35. The van der Waals surface area contributed by atoms with Gasteiger partial charge in [0.2, 0.25) is 0 Å². The van der Waals surface area contributed by atoms with Crippen LogP contribution in [-0.2, 0) is 0 Å². The Morgan fingerprint density at radius 3 is 2.42 bits per heavy atom. The first-order chi connectivity index (χ1) is 9.31. The topological polar surface area (TPSA) is 24.4 Å². The highest BCUT2D eigenvalue weighted by Gasteiger charge is 2.10. The Kier molecular flexibility index (Phi) is 3.15. The summed E-state index contributed by atoms with van der Waals surface area (Å²) in [7, 11) is 0. The van der Waals surface area contributed by atoms with Crippen LogP contribution < -0.4 is 5.32 Å². The number of hydrogen-bond acceptors (Lipinski definition) is 2. The molecule has 0 saturated carbocycles. The van der Waals surface area contributed by atoms with Crippen molar-refractivity contribution in [2.24, 2.45) is 4.99 Å². The lowest BCUT2D eigenvalue weighted by Gasteiger charge is -2.05. The molecule has 3 rings (SSSR count). The molecule has 0 radical (unpaired) electrons. The van der Waals surface area contributed by atoms with Gasteiger partial charge in [0.05, 0.1) is 5.70 Å². The van der Waals surface area contributed by atoms with Crippen LogP contribution in [0.3, 0.4) is 0 Å². The molecule has 0 amide bonds. The molecule has 0 atom stereocenters. The fourth-order valence-corrected chi connectivity index (χ4v) is 2.10. The van der Waals surface area contributed by atoms with Crippen LogP contribution in [0.4, 0.5) is 5.69 Å². The van der Waals surface area contributed by atoms with E-state index in [0.717, 1.165) is 23.6 Å². The molecule has 94 valence electrons. The van der Waals surface area contributed by atoms with Gasteiger partial charge in [-0.05, 0) is 24.6 Å². The SMILES string of the molecule is Cc1ccc(NC2=NC(c3ccccc3)=CC2)cc1. The fraction of sp³-hybridized carbons (Fsp3) is 0.118. The average molecular weight is 248 g/mol. The molecule has 1 aliphatic rings. The highest BCUT2D eigenvalue weighted by atomic mass is 15.0. The molecule has 19 heavy (non-hydrogen) atoms. The number of rotatable bonds is 2. The summed E-state index contributed by atoms with van der Waals surface area (Å²) >= 11 is 0. The first-order valence-corrected chi connectivity index (χ1v) is 6.48. The third-order valence-electron chi connectivity index (χ3n) is 3.15. The van der Waals surface area contributed by atoms with Crippen LogP contribution in [0.2, 0.25) is 0 Å². The second kappa shape index (κ2) is 5.11. The van der Waals surface area contributed by atoms with Crippen LogP contribution in [0.15, 0.2) is 65.7 Å². The second-order valence-corrected chi connectivity index (χ2v) is 4.71. The summed E-state index contributed by atoms with van der Waals surface area (Å²) in [6.45, 7) is 2.09. The quantitative estimate of drug-likeness (QED) is 0.844. The number of hydrogen-bond donors (Lipinski definition) is 1. The standard InChI is InChI=1S/C17H16N2/c1-13-7-9-15(10-8-13)18-17-12-11-16(19-17)14-5-3-2-4-6-14/h2-11H,12H2,1H3,(H,18,19). The van der Waals surface area contributed by atoms with Crippen molar-refractivity contribution in [3.05, 3.63) is 71.8 Å². The highest BCUT2D eigenvalue weighted by molar-refractivity contribution is 6.03. The molecule has 2 aromatic rings. The minimum absolute atomic E-state index is 0.859. The van der Waals surface area contributed by atoms with Crippen LogP contribution in [0.1, 0.15) is 17.5 Å². The number of benzene rings is 2. The van der Waals surface area contributed by atoms with Crippen molar-refractivity contribution in [3.8, 4) is 0 Å². The average Bonchev–Trinajstić information content (AvgIpc) is 2.91. The molecule has 0 unspecified atom stereocenters. The molecule has 0 aliphatic carbocycles. The van der Waals surface area contributed by atoms with E-state index in [4.69, 9.17) is 0 Å². The van der Waals surface area contributed by atoms with E-state index >= 15 is 0 Å². The lowest BCUT2D eigenvalue weighted by atomic mass is 10.1. The van der Waals surface area contributed by atoms with Crippen molar-refractivity contribution in [1.29, 1.82) is 0 Å². The predicted molar refractivity (Wildman–Crippen MR) is 81.3 cm³/mol. The van der Waals surface area contributed by atoms with Crippen molar-refractivity contribution in [1.82, 2.24) is 0 Å². The van der Waals surface area contributed by atoms with Gasteiger partial charge in [0.1, 0.15) is 5.84 Å². The lowest BCUT2D eigenvalue weighted by molar-refractivity contribution is 1.44. The molecule has 0 aromatic heterocycles. The zero-order chi connectivity index (χ0) is 13.1. The van der Waals surface area contributed by atoms with Gasteiger partial charge in [-0.3, -0.25) is 0 Å². The zero-order valence-corrected chi connectivity index (χ0v) is 10.9. The minimum Gasteiger partial charge on any atom is -0.343 e. The molecule has 0 fully saturated rings. The van der Waals surface area contributed by atoms with Crippen LogP contribution in [0, 0.1) is 6.92 Å². The van der Waals surface area contributed by atoms with Gasteiger partial charge >= 0.3 is 0 Å². The van der Waals surface area contributed by atoms with Crippen molar-refractivity contribution in [3.63, 3.8) is 0 Å². The summed E-state index contributed by atoms with van der Waals surface area (Å²) in [5.74, 6) is 1.00. The Balaban J connectivity index is 1.74. The lowest BCUT2D eigenvalue weighted by Crippen LogP contribution is -2.08. The Morgan fingerprint density at radius 2 is 1.68 bits per heavy atom. The van der Waals surface area contributed by atoms with Crippen molar-refractivity contribution in [2.75, 3.05) is 5.32 Å². The van der Waals surface area contributed by atoms with Gasteiger partial charge in [0, 0.05) is 12.1 Å². The van der Waals surface area contributed by atoms with Gasteiger partial charge in [-0.15, -0.1) is 0 Å². The van der Waals surface area contributed by atoms with Crippen molar-refractivity contribution < 1.29 is 0 Å². The van der Waals surface area contributed by atoms with Gasteiger partial charge in [-0.1, -0.05) is 54.1 Å². The monoisotopic (exact) mass is 248 g/mol. The molecular weight excluding hydrogens is 232 g/mol. The zero-order valence-electron chi connectivity index (χ0n) is 10.9. The first kappa shape index (κ1) is 11.7. The predicted octanol–water partition coefficient (Wildman–Crippen LogP) is 4.25. The number of aryl methyl sites for hydroxylation is 1. The Bertz CT molecular complexity index is 622. The molecule has 0 spiro atoms. The van der Waals surface area contributed by atoms with Gasteiger partial charge < -0.3 is 5.32 Å². The summed E-state index contributed by atoms with van der Waals surface area (Å²) < 4.78 is 0. The maximum Gasteiger partial charge on any atom is 0.110 e. The molecule has 0 bridgehead atoms. The first-order valence-electron chi connectivity index (χ1n) is 6.48. The molecule has 2 nitrogen and oxygen atoms in total. The Labute approximate surface area is 113 Å². The van der Waals surface area contributed by atoms with Crippen molar-refractivity contribution >= 4 is 17.2 Å². The number of aliphatic imine (C=N–C) groups is 1. The molecule has 2 aromatic carbocycles. The van der Waals surface area contributed by atoms with E-state index in [1.54, 1.807) is 0 Å². The maximum absolute atomic E-state index is 4.64. The normalized spacial score (nSPS) is 13.9. The Morgan fingerprint density at radius 1 is 0.947 bits per heavy atom. The molecular formula is C17H16N2. The number of anilines is 1. The highest BCUT2D eigenvalue weighted by Crippen LogP contribution is 2.22. The number of nitrogens with one attached hydrogen (secondary N) is 1. The molecule has 1 aliphatic heterocycles. The summed E-state index contributed by atoms with van der Waals surface area (Å²) in [5.41, 5.74) is 4.58. The molecule has 2 heteroatoms. The van der Waals surface area contributed by atoms with E-state index in [1.807, 2.05) is 18.2 Å². The molecule has 1 N–H and O–H groups in total. The summed E-state index contributed by atoms with van der Waals surface area (Å²) in [6.07, 6.45) is 3.02. The van der Waals surface area contributed by atoms with Crippen LogP contribution in [0.25, 0.3) is 5.70 Å². The van der Waals surface area contributed by atoms with Gasteiger partial charge in [0.25, 0.3) is 0 Å². The third kappa shape index (κ3) is 2.74. The maximum atomic E-state index is 4.64. The van der Waals surface area contributed by atoms with Gasteiger partial charge in [-0.25, -0.2) is 4.99 Å².